The van der Waals surface area contributed by atoms with Gasteiger partial charge in [-0.05, 0) is 19.3 Å². The van der Waals surface area contributed by atoms with Gasteiger partial charge in [0.25, 0.3) is 0 Å². The Labute approximate surface area is 84.9 Å². The number of nitrogens with one attached hydrogen (secondary N) is 1. The van der Waals surface area contributed by atoms with Crippen LogP contribution >= 0.6 is 0 Å². The van der Waals surface area contributed by atoms with E-state index in [1.807, 2.05) is 0 Å². The molecular formula is C10H19N3O. The Morgan fingerprint density at radius 2 is 2.07 bits per heavy atom. The van der Waals surface area contributed by atoms with Gasteiger partial charge in [-0.25, -0.2) is 0 Å². The molecule has 3 unspecified atom stereocenters. The second-order valence-corrected chi connectivity index (χ2v) is 4.29. The minimum Gasteiger partial charge on any atom is -0.386 e. The predicted molar refractivity (Wildman–Crippen MR) is 55.5 cm³/mol. The van der Waals surface area contributed by atoms with Crippen LogP contribution in [0, 0.1) is 5.41 Å². The summed E-state index contributed by atoms with van der Waals surface area (Å²) in [4.78, 5) is 2.31. The monoisotopic (exact) mass is 197 g/mol. The van der Waals surface area contributed by atoms with Crippen LogP contribution in [0.1, 0.15) is 26.2 Å². The Bertz CT molecular complexity index is 219. The number of nitrogens with zero attached hydrogens (tertiary/aromatic N) is 1. The molecule has 0 spiro atoms. The van der Waals surface area contributed by atoms with E-state index in [9.17, 15) is 0 Å². The standard InChI is InChI=1S/C10H19N3O/c1-2-9(10(11)12)13-5-7-3-4-8(6-13)14-7/h7-9H,2-6H2,1H3,(H3,11,12). The molecule has 0 aromatic rings. The number of hydrogen-bond donors (Lipinski definition) is 2. The summed E-state index contributed by atoms with van der Waals surface area (Å²) < 4.78 is 5.75. The third-order valence-electron chi connectivity index (χ3n) is 3.26. The van der Waals surface area contributed by atoms with E-state index in [1.54, 1.807) is 0 Å². The summed E-state index contributed by atoms with van der Waals surface area (Å²) in [5, 5.41) is 7.54. The van der Waals surface area contributed by atoms with E-state index < -0.39 is 0 Å². The third kappa shape index (κ3) is 1.77. The molecule has 14 heavy (non-hydrogen) atoms. The fraction of sp³-hybridized carbons (Fsp3) is 0.900. The maximum atomic E-state index is 7.54. The topological polar surface area (TPSA) is 62.3 Å². The summed E-state index contributed by atoms with van der Waals surface area (Å²) in [6.45, 7) is 3.99. The molecular weight excluding hydrogens is 178 g/mol. The van der Waals surface area contributed by atoms with Gasteiger partial charge < -0.3 is 10.5 Å². The Morgan fingerprint density at radius 3 is 2.50 bits per heavy atom. The van der Waals surface area contributed by atoms with Gasteiger partial charge in [0.2, 0.25) is 0 Å². The van der Waals surface area contributed by atoms with E-state index >= 15 is 0 Å². The Kier molecular flexibility index (Phi) is 2.74. The highest BCUT2D eigenvalue weighted by Gasteiger charge is 2.36. The number of nitrogens with two attached hydrogens (primary N) is 1. The van der Waals surface area contributed by atoms with Gasteiger partial charge in [-0.3, -0.25) is 10.3 Å². The summed E-state index contributed by atoms with van der Waals surface area (Å²) in [5.74, 6) is 0.300. The lowest BCUT2D eigenvalue weighted by Crippen LogP contribution is -2.52. The SMILES string of the molecule is CCC(C(=N)N)N1CC2CCC(C1)O2. The lowest BCUT2D eigenvalue weighted by Gasteiger charge is -2.36. The van der Waals surface area contributed by atoms with Crippen molar-refractivity contribution in [2.24, 2.45) is 5.73 Å². The molecule has 0 amide bonds. The first-order valence-corrected chi connectivity index (χ1v) is 5.44. The number of fused-ring (bicyclic) bond motifs is 2. The lowest BCUT2D eigenvalue weighted by molar-refractivity contribution is -0.0449. The molecule has 2 saturated heterocycles. The quantitative estimate of drug-likeness (QED) is 0.513. The molecule has 2 rings (SSSR count). The first-order valence-electron chi connectivity index (χ1n) is 5.44. The number of morpholine rings is 1. The van der Waals surface area contributed by atoms with Crippen LogP contribution in [0.3, 0.4) is 0 Å². The first-order chi connectivity index (χ1) is 6.70. The zero-order valence-corrected chi connectivity index (χ0v) is 8.70. The molecule has 0 aliphatic carbocycles. The Morgan fingerprint density at radius 1 is 1.50 bits per heavy atom. The number of likely N-dealkylation sites (tertiary alicyclic amines) is 1. The van der Waals surface area contributed by atoms with Crippen LogP contribution in [0.15, 0.2) is 0 Å². The normalized spacial score (nSPS) is 34.4. The molecule has 80 valence electrons. The molecule has 0 aromatic heterocycles. The fourth-order valence-corrected chi connectivity index (χ4v) is 2.58. The zero-order valence-electron chi connectivity index (χ0n) is 8.70. The van der Waals surface area contributed by atoms with Crippen LogP contribution in [0.25, 0.3) is 0 Å². The van der Waals surface area contributed by atoms with E-state index in [0.29, 0.717) is 18.0 Å². The number of amidine groups is 1. The van der Waals surface area contributed by atoms with Crippen molar-refractivity contribution < 1.29 is 4.74 Å². The zero-order chi connectivity index (χ0) is 10.1. The lowest BCUT2D eigenvalue weighted by atomic mass is 10.1. The maximum absolute atomic E-state index is 7.54. The summed E-state index contributed by atoms with van der Waals surface area (Å²) in [6.07, 6.45) is 4.06. The Balaban J connectivity index is 2.00. The van der Waals surface area contributed by atoms with Gasteiger partial charge in [0, 0.05) is 13.1 Å². The van der Waals surface area contributed by atoms with Crippen LogP contribution < -0.4 is 5.73 Å². The maximum Gasteiger partial charge on any atom is 0.108 e. The second kappa shape index (κ2) is 3.87. The Hall–Kier alpha value is -0.610. The summed E-state index contributed by atoms with van der Waals surface area (Å²) in [5.41, 5.74) is 5.59. The van der Waals surface area contributed by atoms with Crippen LogP contribution in [0.5, 0.6) is 0 Å². The van der Waals surface area contributed by atoms with Gasteiger partial charge in [0.15, 0.2) is 0 Å². The van der Waals surface area contributed by atoms with E-state index in [4.69, 9.17) is 15.9 Å². The number of hydrogen-bond acceptors (Lipinski definition) is 3. The molecule has 2 fully saturated rings. The van der Waals surface area contributed by atoms with Crippen molar-refractivity contribution in [2.75, 3.05) is 13.1 Å². The molecule has 3 atom stereocenters. The number of ether oxygens (including phenoxy) is 1. The van der Waals surface area contributed by atoms with Crippen molar-refractivity contribution in [3.8, 4) is 0 Å². The fourth-order valence-electron chi connectivity index (χ4n) is 2.58. The molecule has 2 heterocycles. The van der Waals surface area contributed by atoms with Crippen molar-refractivity contribution in [2.45, 2.75) is 44.4 Å². The van der Waals surface area contributed by atoms with Crippen LogP contribution in [-0.2, 0) is 4.74 Å². The molecule has 0 aromatic carbocycles. The third-order valence-corrected chi connectivity index (χ3v) is 3.26. The molecule has 0 saturated carbocycles. The van der Waals surface area contributed by atoms with Gasteiger partial charge in [-0.15, -0.1) is 0 Å². The molecule has 2 aliphatic heterocycles. The molecule has 2 aliphatic rings. The average Bonchev–Trinajstić information content (AvgIpc) is 2.46. The van der Waals surface area contributed by atoms with E-state index in [-0.39, 0.29) is 6.04 Å². The molecule has 0 radical (unpaired) electrons. The average molecular weight is 197 g/mol. The number of rotatable bonds is 3. The van der Waals surface area contributed by atoms with E-state index in [0.717, 1.165) is 19.5 Å². The van der Waals surface area contributed by atoms with Crippen molar-refractivity contribution >= 4 is 5.84 Å². The smallest absolute Gasteiger partial charge is 0.108 e. The molecule has 4 heteroatoms. The van der Waals surface area contributed by atoms with Crippen molar-refractivity contribution in [3.63, 3.8) is 0 Å². The summed E-state index contributed by atoms with van der Waals surface area (Å²) >= 11 is 0. The van der Waals surface area contributed by atoms with Crippen molar-refractivity contribution in [3.05, 3.63) is 0 Å². The molecule has 3 N–H and O–H groups in total. The van der Waals surface area contributed by atoms with Crippen molar-refractivity contribution in [1.82, 2.24) is 4.90 Å². The highest BCUT2D eigenvalue weighted by Crippen LogP contribution is 2.27. The predicted octanol–water partition coefficient (Wildman–Crippen LogP) is 0.564. The van der Waals surface area contributed by atoms with Crippen molar-refractivity contribution in [1.29, 1.82) is 5.41 Å². The summed E-state index contributed by atoms with van der Waals surface area (Å²) in [7, 11) is 0. The van der Waals surface area contributed by atoms with E-state index in [2.05, 4.69) is 11.8 Å². The van der Waals surface area contributed by atoms with Gasteiger partial charge in [-0.1, -0.05) is 6.92 Å². The van der Waals surface area contributed by atoms with Crippen LogP contribution in [0.2, 0.25) is 0 Å². The van der Waals surface area contributed by atoms with Crippen LogP contribution in [-0.4, -0.2) is 42.1 Å². The highest BCUT2D eigenvalue weighted by molar-refractivity contribution is 5.82. The minimum absolute atomic E-state index is 0.127. The van der Waals surface area contributed by atoms with E-state index in [1.165, 1.54) is 12.8 Å². The summed E-state index contributed by atoms with van der Waals surface area (Å²) in [6, 6.07) is 0.127. The van der Waals surface area contributed by atoms with Gasteiger partial charge in [-0.2, -0.15) is 0 Å². The van der Waals surface area contributed by atoms with Crippen LogP contribution in [0.4, 0.5) is 0 Å². The molecule has 4 nitrogen and oxygen atoms in total. The first kappa shape index (κ1) is 9.93. The van der Waals surface area contributed by atoms with Gasteiger partial charge >= 0.3 is 0 Å². The second-order valence-electron chi connectivity index (χ2n) is 4.29. The van der Waals surface area contributed by atoms with Gasteiger partial charge in [0.1, 0.15) is 5.84 Å². The molecule has 2 bridgehead atoms. The highest BCUT2D eigenvalue weighted by atomic mass is 16.5. The van der Waals surface area contributed by atoms with Gasteiger partial charge in [0.05, 0.1) is 18.2 Å². The largest absolute Gasteiger partial charge is 0.386 e. The minimum atomic E-state index is 0.127.